The van der Waals surface area contributed by atoms with E-state index in [1.165, 1.54) is 11.1 Å². The minimum absolute atomic E-state index is 0.00806. The summed E-state index contributed by atoms with van der Waals surface area (Å²) in [5.41, 5.74) is 3.67. The molecule has 1 aromatic rings. The van der Waals surface area contributed by atoms with Crippen molar-refractivity contribution in [3.63, 3.8) is 0 Å². The number of benzene rings is 1. The first-order valence-electron chi connectivity index (χ1n) is 5.12. The molecule has 0 aromatic heterocycles. The average molecular weight is 190 g/mol. The normalized spacial score (nSPS) is 12.9. The smallest absolute Gasteiger partial charge is 0.127 e. The number of aryl methyl sites for hydroxylation is 1. The molecule has 0 saturated heterocycles. The molecule has 1 unspecified atom stereocenters. The highest BCUT2D eigenvalue weighted by Crippen LogP contribution is 2.23. The Morgan fingerprint density at radius 3 is 2.36 bits per heavy atom. The molecule has 0 aliphatic rings. The summed E-state index contributed by atoms with van der Waals surface area (Å²) in [5, 5.41) is 0. The highest BCUT2D eigenvalue weighted by Gasteiger charge is 2.09. The Hall–Kier alpha value is -1.11. The van der Waals surface area contributed by atoms with Crippen LogP contribution in [0, 0.1) is 6.92 Å². The highest BCUT2D eigenvalue weighted by atomic mass is 16.1. The van der Waals surface area contributed by atoms with Gasteiger partial charge in [-0.3, -0.25) is 0 Å². The molecule has 0 saturated carbocycles. The fraction of sp³-hybridized carbons (Fsp3) is 0.462. The second-order valence-corrected chi connectivity index (χ2v) is 4.20. The Morgan fingerprint density at radius 1 is 1.21 bits per heavy atom. The summed E-state index contributed by atoms with van der Waals surface area (Å²) < 4.78 is 0. The van der Waals surface area contributed by atoms with Crippen molar-refractivity contribution in [1.29, 1.82) is 0 Å². The maximum Gasteiger partial charge on any atom is 0.127 e. The van der Waals surface area contributed by atoms with Crippen molar-refractivity contribution in [3.05, 3.63) is 34.9 Å². The number of hydrogen-bond donors (Lipinski definition) is 0. The van der Waals surface area contributed by atoms with Crippen molar-refractivity contribution in [2.24, 2.45) is 0 Å². The molecule has 1 nitrogen and oxygen atoms in total. The van der Waals surface area contributed by atoms with Gasteiger partial charge in [0.2, 0.25) is 0 Å². The quantitative estimate of drug-likeness (QED) is 0.667. The van der Waals surface area contributed by atoms with Crippen molar-refractivity contribution in [1.82, 2.24) is 0 Å². The molecule has 1 rings (SSSR count). The molecule has 1 aromatic carbocycles. The third-order valence-corrected chi connectivity index (χ3v) is 2.66. The minimum atomic E-state index is 0.00806. The fourth-order valence-corrected chi connectivity index (χ4v) is 1.58. The lowest BCUT2D eigenvalue weighted by Crippen LogP contribution is -1.99. The molecular formula is C13H18O. The van der Waals surface area contributed by atoms with Gasteiger partial charge >= 0.3 is 0 Å². The predicted molar refractivity (Wildman–Crippen MR) is 59.7 cm³/mol. The average Bonchev–Trinajstić information content (AvgIpc) is 2.17. The molecule has 1 atom stereocenters. The largest absolute Gasteiger partial charge is 0.303 e. The van der Waals surface area contributed by atoms with Crippen LogP contribution in [-0.4, -0.2) is 6.29 Å². The monoisotopic (exact) mass is 190 g/mol. The summed E-state index contributed by atoms with van der Waals surface area (Å²) >= 11 is 0. The topological polar surface area (TPSA) is 17.1 Å². The van der Waals surface area contributed by atoms with Crippen molar-refractivity contribution in [2.45, 2.75) is 39.5 Å². The van der Waals surface area contributed by atoms with Gasteiger partial charge in [0.1, 0.15) is 6.29 Å². The van der Waals surface area contributed by atoms with Crippen LogP contribution in [0.4, 0.5) is 0 Å². The molecule has 14 heavy (non-hydrogen) atoms. The van der Waals surface area contributed by atoms with Crippen LogP contribution >= 0.6 is 0 Å². The molecular weight excluding hydrogens is 172 g/mol. The molecule has 0 spiro atoms. The zero-order valence-electron chi connectivity index (χ0n) is 9.37. The predicted octanol–water partition coefficient (Wildman–Crippen LogP) is 3.42. The molecule has 1 heteroatoms. The fourth-order valence-electron chi connectivity index (χ4n) is 1.58. The van der Waals surface area contributed by atoms with Gasteiger partial charge in [0.15, 0.2) is 0 Å². The van der Waals surface area contributed by atoms with Gasteiger partial charge in [-0.15, -0.1) is 0 Å². The zero-order chi connectivity index (χ0) is 10.7. The molecule has 0 radical (unpaired) electrons. The molecule has 0 bridgehead atoms. The first-order chi connectivity index (χ1) is 6.56. The number of hydrogen-bond acceptors (Lipinski definition) is 1. The zero-order valence-corrected chi connectivity index (χ0v) is 9.37. The van der Waals surface area contributed by atoms with Gasteiger partial charge in [-0.1, -0.05) is 39.0 Å². The van der Waals surface area contributed by atoms with Crippen LogP contribution < -0.4 is 0 Å². The van der Waals surface area contributed by atoms with Gasteiger partial charge in [-0.25, -0.2) is 0 Å². The maximum atomic E-state index is 10.7. The summed E-state index contributed by atoms with van der Waals surface area (Å²) in [5.74, 6) is 0.530. The Bertz CT molecular complexity index is 326. The van der Waals surface area contributed by atoms with Crippen LogP contribution in [0.5, 0.6) is 0 Å². The molecule has 0 aliphatic carbocycles. The van der Waals surface area contributed by atoms with E-state index in [0.717, 1.165) is 11.8 Å². The van der Waals surface area contributed by atoms with Crippen molar-refractivity contribution < 1.29 is 4.79 Å². The second-order valence-electron chi connectivity index (χ2n) is 4.20. The number of aldehydes is 1. The first-order valence-corrected chi connectivity index (χ1v) is 5.12. The van der Waals surface area contributed by atoms with E-state index in [0.29, 0.717) is 5.92 Å². The maximum absolute atomic E-state index is 10.7. The summed E-state index contributed by atoms with van der Waals surface area (Å²) in [7, 11) is 0. The minimum Gasteiger partial charge on any atom is -0.303 e. The van der Waals surface area contributed by atoms with E-state index < -0.39 is 0 Å². The number of rotatable bonds is 3. The van der Waals surface area contributed by atoms with Crippen LogP contribution in [0.1, 0.15) is 49.3 Å². The van der Waals surface area contributed by atoms with E-state index in [-0.39, 0.29) is 5.92 Å². The van der Waals surface area contributed by atoms with Gasteiger partial charge in [0.25, 0.3) is 0 Å². The van der Waals surface area contributed by atoms with Crippen molar-refractivity contribution in [3.8, 4) is 0 Å². The summed E-state index contributed by atoms with van der Waals surface area (Å²) in [4.78, 5) is 10.7. The van der Waals surface area contributed by atoms with Crippen LogP contribution in [-0.2, 0) is 4.79 Å². The Balaban J connectivity index is 3.14. The van der Waals surface area contributed by atoms with E-state index in [1.807, 2.05) is 6.92 Å². The molecule has 0 fully saturated rings. The van der Waals surface area contributed by atoms with Gasteiger partial charge in [-0.05, 0) is 29.5 Å². The van der Waals surface area contributed by atoms with E-state index in [4.69, 9.17) is 0 Å². The van der Waals surface area contributed by atoms with E-state index in [9.17, 15) is 4.79 Å². The summed E-state index contributed by atoms with van der Waals surface area (Å²) in [6.45, 7) is 8.33. The first kappa shape index (κ1) is 11.0. The van der Waals surface area contributed by atoms with Crippen LogP contribution in [0.2, 0.25) is 0 Å². The van der Waals surface area contributed by atoms with Gasteiger partial charge in [0.05, 0.1) is 0 Å². The van der Waals surface area contributed by atoms with Crippen LogP contribution in [0.3, 0.4) is 0 Å². The molecule has 0 amide bonds. The molecule has 0 heterocycles. The van der Waals surface area contributed by atoms with Crippen LogP contribution in [0.25, 0.3) is 0 Å². The summed E-state index contributed by atoms with van der Waals surface area (Å²) in [6, 6.07) is 6.39. The van der Waals surface area contributed by atoms with Crippen molar-refractivity contribution in [2.75, 3.05) is 0 Å². The highest BCUT2D eigenvalue weighted by molar-refractivity contribution is 5.62. The number of carbonyl (C=O) groups is 1. The van der Waals surface area contributed by atoms with E-state index >= 15 is 0 Å². The summed E-state index contributed by atoms with van der Waals surface area (Å²) in [6.07, 6.45) is 1.01. The lowest BCUT2D eigenvalue weighted by atomic mass is 9.92. The standard InChI is InChI=1S/C13H18O/c1-9(2)12-6-5-10(3)13(7-12)11(4)8-14/h5-9,11H,1-4H3. The van der Waals surface area contributed by atoms with Crippen LogP contribution in [0.15, 0.2) is 18.2 Å². The Labute approximate surface area is 86.1 Å². The lowest BCUT2D eigenvalue weighted by Gasteiger charge is -2.13. The van der Waals surface area contributed by atoms with E-state index in [1.54, 1.807) is 0 Å². The van der Waals surface area contributed by atoms with Gasteiger partial charge < -0.3 is 4.79 Å². The number of carbonyl (C=O) groups excluding carboxylic acids is 1. The SMILES string of the molecule is Cc1ccc(C(C)C)cc1C(C)C=O. The molecule has 0 N–H and O–H groups in total. The van der Waals surface area contributed by atoms with Gasteiger partial charge in [0, 0.05) is 5.92 Å². The van der Waals surface area contributed by atoms with Crippen molar-refractivity contribution >= 4 is 6.29 Å². The molecule has 0 aliphatic heterocycles. The van der Waals surface area contributed by atoms with Gasteiger partial charge in [-0.2, -0.15) is 0 Å². The second kappa shape index (κ2) is 4.41. The third kappa shape index (κ3) is 2.22. The molecule has 76 valence electrons. The Kier molecular flexibility index (Phi) is 3.45. The third-order valence-electron chi connectivity index (χ3n) is 2.66. The van der Waals surface area contributed by atoms with E-state index in [2.05, 4.69) is 39.0 Å². The Morgan fingerprint density at radius 2 is 1.86 bits per heavy atom. The lowest BCUT2D eigenvalue weighted by molar-refractivity contribution is -0.108.